The van der Waals surface area contributed by atoms with Crippen LogP contribution in [0.1, 0.15) is 32.6 Å². The number of hydrogen-bond donors (Lipinski definition) is 0. The number of piperidine rings is 2. The molecular formula is C13H19NO2. The Morgan fingerprint density at radius 3 is 2.88 bits per heavy atom. The van der Waals surface area contributed by atoms with Crippen LogP contribution in [0.4, 0.5) is 0 Å². The predicted octanol–water partition coefficient (Wildman–Crippen LogP) is 1.73. The van der Waals surface area contributed by atoms with Crippen molar-refractivity contribution in [2.75, 3.05) is 13.6 Å². The number of nitrogens with zero attached hydrogens (tertiary/aromatic N) is 1. The van der Waals surface area contributed by atoms with Crippen molar-refractivity contribution in [2.45, 2.75) is 44.2 Å². The minimum atomic E-state index is -0.161. The van der Waals surface area contributed by atoms with Crippen molar-refractivity contribution in [1.29, 1.82) is 0 Å². The third-order valence-corrected chi connectivity index (χ3v) is 4.55. The first kappa shape index (κ1) is 10.3. The molecule has 4 rings (SSSR count). The van der Waals surface area contributed by atoms with Crippen LogP contribution in [-0.4, -0.2) is 36.1 Å². The fraction of sp³-hybridized carbons (Fsp3) is 0.769. The molecule has 1 spiro atoms. The number of hydrogen-bond acceptors (Lipinski definition) is 3. The number of esters is 1. The van der Waals surface area contributed by atoms with Gasteiger partial charge >= 0.3 is 5.97 Å². The van der Waals surface area contributed by atoms with Gasteiger partial charge in [-0.1, -0.05) is 5.57 Å². The summed E-state index contributed by atoms with van der Waals surface area (Å²) in [5.41, 5.74) is 1.03. The van der Waals surface area contributed by atoms with E-state index >= 15 is 0 Å². The molecule has 3 aliphatic heterocycles. The highest BCUT2D eigenvalue weighted by atomic mass is 16.6. The molecule has 3 heteroatoms. The van der Waals surface area contributed by atoms with Gasteiger partial charge in [-0.2, -0.15) is 0 Å². The fourth-order valence-electron chi connectivity index (χ4n) is 3.79. The molecule has 3 nitrogen and oxygen atoms in total. The zero-order chi connectivity index (χ0) is 11.3. The summed E-state index contributed by atoms with van der Waals surface area (Å²) in [6.07, 6.45) is 6.12. The van der Waals surface area contributed by atoms with Gasteiger partial charge in [-0.3, -0.25) is 0 Å². The summed E-state index contributed by atoms with van der Waals surface area (Å²) in [6.45, 7) is 3.14. The lowest BCUT2D eigenvalue weighted by atomic mass is 9.66. The molecule has 2 unspecified atom stereocenters. The first-order chi connectivity index (χ1) is 7.59. The third-order valence-electron chi connectivity index (χ3n) is 4.55. The van der Waals surface area contributed by atoms with Gasteiger partial charge in [0.25, 0.3) is 0 Å². The molecule has 3 heterocycles. The van der Waals surface area contributed by atoms with E-state index in [2.05, 4.69) is 11.9 Å². The highest BCUT2D eigenvalue weighted by Gasteiger charge is 2.53. The van der Waals surface area contributed by atoms with Crippen LogP contribution in [0.25, 0.3) is 0 Å². The molecule has 3 fully saturated rings. The first-order valence-corrected chi connectivity index (χ1v) is 6.19. The van der Waals surface area contributed by atoms with E-state index in [0.29, 0.717) is 12.0 Å². The number of rotatable bonds is 0. The quantitative estimate of drug-likeness (QED) is 0.583. The average Bonchev–Trinajstić information content (AvgIpc) is 2.18. The Morgan fingerprint density at radius 2 is 2.31 bits per heavy atom. The largest absolute Gasteiger partial charge is 0.455 e. The molecule has 0 aromatic rings. The normalized spacial score (nSPS) is 43.4. The lowest BCUT2D eigenvalue weighted by molar-refractivity contribution is -0.183. The molecule has 2 saturated heterocycles. The van der Waals surface area contributed by atoms with E-state index in [9.17, 15) is 4.79 Å². The number of carbonyl (C=O) groups excluding carboxylic acids is 1. The molecule has 0 amide bonds. The van der Waals surface area contributed by atoms with Gasteiger partial charge in [-0.15, -0.1) is 0 Å². The van der Waals surface area contributed by atoms with Crippen LogP contribution in [0, 0.1) is 5.92 Å². The topological polar surface area (TPSA) is 29.5 Å². The van der Waals surface area contributed by atoms with Crippen molar-refractivity contribution in [1.82, 2.24) is 4.90 Å². The van der Waals surface area contributed by atoms with Gasteiger partial charge in [0.15, 0.2) is 0 Å². The molecule has 1 saturated carbocycles. The molecule has 88 valence electrons. The van der Waals surface area contributed by atoms with Gasteiger partial charge in [-0.05, 0) is 26.8 Å². The summed E-state index contributed by atoms with van der Waals surface area (Å²) in [5.74, 6) is 0.411. The van der Waals surface area contributed by atoms with Crippen LogP contribution in [-0.2, 0) is 9.53 Å². The summed E-state index contributed by atoms with van der Waals surface area (Å²) < 4.78 is 5.73. The summed E-state index contributed by atoms with van der Waals surface area (Å²) in [5, 5.41) is 0. The number of carbonyl (C=O) groups is 1. The van der Waals surface area contributed by atoms with Crippen LogP contribution in [0.2, 0.25) is 0 Å². The van der Waals surface area contributed by atoms with Gasteiger partial charge in [0, 0.05) is 37.4 Å². The maximum Gasteiger partial charge on any atom is 0.331 e. The van der Waals surface area contributed by atoms with Gasteiger partial charge in [0.05, 0.1) is 0 Å². The molecule has 1 aliphatic carbocycles. The van der Waals surface area contributed by atoms with Crippen LogP contribution < -0.4 is 0 Å². The molecule has 0 aromatic carbocycles. The van der Waals surface area contributed by atoms with E-state index in [0.717, 1.165) is 19.4 Å². The molecule has 0 radical (unpaired) electrons. The van der Waals surface area contributed by atoms with E-state index in [1.807, 2.05) is 6.92 Å². The monoisotopic (exact) mass is 221 g/mol. The smallest absolute Gasteiger partial charge is 0.331 e. The van der Waals surface area contributed by atoms with Gasteiger partial charge in [-0.25, -0.2) is 4.79 Å². The highest BCUT2D eigenvalue weighted by molar-refractivity contribution is 5.84. The Bertz CT molecular complexity index is 363. The van der Waals surface area contributed by atoms with Crippen LogP contribution >= 0.6 is 0 Å². The van der Waals surface area contributed by atoms with Crippen molar-refractivity contribution in [3.8, 4) is 0 Å². The third kappa shape index (κ3) is 1.41. The summed E-state index contributed by atoms with van der Waals surface area (Å²) in [7, 11) is 2.19. The molecule has 4 aliphatic rings. The van der Waals surface area contributed by atoms with E-state index in [4.69, 9.17) is 4.74 Å². The maximum atomic E-state index is 11.6. The van der Waals surface area contributed by atoms with Gasteiger partial charge in [0.1, 0.15) is 5.60 Å². The second kappa shape index (κ2) is 3.33. The second-order valence-electron chi connectivity index (χ2n) is 5.73. The Morgan fingerprint density at radius 1 is 1.50 bits per heavy atom. The van der Waals surface area contributed by atoms with Crippen molar-refractivity contribution >= 4 is 5.97 Å². The molecule has 3 atom stereocenters. The zero-order valence-corrected chi connectivity index (χ0v) is 10.0. The van der Waals surface area contributed by atoms with Crippen molar-refractivity contribution in [3.05, 3.63) is 11.6 Å². The Balaban J connectivity index is 1.90. The van der Waals surface area contributed by atoms with E-state index in [-0.39, 0.29) is 11.6 Å². The Hall–Kier alpha value is -0.830. The SMILES string of the molecule is CC1=CC(=O)O[C@]2(C1)CC1CCC2CN1C. The second-order valence-corrected chi connectivity index (χ2v) is 5.73. The first-order valence-electron chi connectivity index (χ1n) is 6.19. The van der Waals surface area contributed by atoms with Crippen LogP contribution in [0.3, 0.4) is 0 Å². The standard InChI is InChI=1S/C13H19NO2/c1-9-5-12(15)16-13(6-9)7-11-4-3-10(13)8-14(11)2/h5,10-11H,3-4,6-8H2,1-2H3/t10?,11?,13-/m1/s1. The van der Waals surface area contributed by atoms with Crippen LogP contribution in [0.15, 0.2) is 11.6 Å². The van der Waals surface area contributed by atoms with Crippen molar-refractivity contribution in [2.24, 2.45) is 5.92 Å². The zero-order valence-electron chi connectivity index (χ0n) is 10.0. The Kier molecular flexibility index (Phi) is 2.15. The Labute approximate surface area is 96.4 Å². The van der Waals surface area contributed by atoms with E-state index in [1.165, 1.54) is 18.4 Å². The van der Waals surface area contributed by atoms with E-state index < -0.39 is 0 Å². The lowest BCUT2D eigenvalue weighted by Gasteiger charge is -2.55. The molecular weight excluding hydrogens is 202 g/mol. The molecule has 0 N–H and O–H groups in total. The average molecular weight is 221 g/mol. The number of ether oxygens (including phenoxy) is 1. The lowest BCUT2D eigenvalue weighted by Crippen LogP contribution is -2.61. The summed E-state index contributed by atoms with van der Waals surface area (Å²) in [4.78, 5) is 14.0. The molecule has 0 aromatic heterocycles. The fourth-order valence-corrected chi connectivity index (χ4v) is 3.79. The molecule has 16 heavy (non-hydrogen) atoms. The molecule has 2 bridgehead atoms. The summed E-state index contributed by atoms with van der Waals surface area (Å²) >= 11 is 0. The summed E-state index contributed by atoms with van der Waals surface area (Å²) in [6, 6.07) is 0.615. The minimum Gasteiger partial charge on any atom is -0.455 e. The minimum absolute atomic E-state index is 0.126. The van der Waals surface area contributed by atoms with Gasteiger partial charge in [0.2, 0.25) is 0 Å². The predicted molar refractivity (Wildman–Crippen MR) is 61.0 cm³/mol. The van der Waals surface area contributed by atoms with E-state index in [1.54, 1.807) is 6.08 Å². The number of fused-ring (bicyclic) bond motifs is 2. The maximum absolute atomic E-state index is 11.6. The van der Waals surface area contributed by atoms with Crippen molar-refractivity contribution in [3.63, 3.8) is 0 Å². The van der Waals surface area contributed by atoms with Gasteiger partial charge < -0.3 is 9.64 Å². The van der Waals surface area contributed by atoms with Crippen LogP contribution in [0.5, 0.6) is 0 Å². The van der Waals surface area contributed by atoms with Crippen molar-refractivity contribution < 1.29 is 9.53 Å². The highest BCUT2D eigenvalue weighted by Crippen LogP contribution is 2.48.